The number of carboxylic acid groups (broad SMARTS) is 1. The van der Waals surface area contributed by atoms with Crippen LogP contribution >= 0.6 is 11.6 Å². The number of carbonyl (C=O) groups is 2. The van der Waals surface area contributed by atoms with E-state index in [1.807, 2.05) is 6.07 Å². The lowest BCUT2D eigenvalue weighted by molar-refractivity contribution is -0.143. The van der Waals surface area contributed by atoms with Gasteiger partial charge in [0.05, 0.1) is 17.0 Å². The molecule has 0 aliphatic carbocycles. The zero-order chi connectivity index (χ0) is 15.7. The molecule has 1 N–H and O–H groups in total. The number of fused-ring (bicyclic) bond motifs is 1. The van der Waals surface area contributed by atoms with Crippen molar-refractivity contribution in [1.82, 2.24) is 9.88 Å². The van der Waals surface area contributed by atoms with E-state index in [1.165, 1.54) is 0 Å². The molecule has 1 aromatic carbocycles. The predicted molar refractivity (Wildman–Crippen MR) is 83.0 cm³/mol. The van der Waals surface area contributed by atoms with Gasteiger partial charge in [0.1, 0.15) is 0 Å². The van der Waals surface area contributed by atoms with Crippen LogP contribution in [0.3, 0.4) is 0 Å². The highest BCUT2D eigenvalue weighted by Gasteiger charge is 2.29. The second kappa shape index (κ2) is 5.93. The van der Waals surface area contributed by atoms with E-state index in [9.17, 15) is 9.59 Å². The Kier molecular flexibility index (Phi) is 3.98. The average Bonchev–Trinajstić information content (AvgIpc) is 2.53. The number of likely N-dealkylation sites (tertiary alicyclic amines) is 1. The molecule has 1 aromatic heterocycles. The van der Waals surface area contributed by atoms with Crippen molar-refractivity contribution in [3.8, 4) is 0 Å². The van der Waals surface area contributed by atoms with Gasteiger partial charge in [0.25, 0.3) is 5.91 Å². The fourth-order valence-electron chi connectivity index (χ4n) is 2.85. The molecule has 22 heavy (non-hydrogen) atoms. The SMILES string of the molecule is O=C(O)C1CCCN(C(=O)c2cc(Cl)cc3cccnc23)C1. The average molecular weight is 319 g/mol. The van der Waals surface area contributed by atoms with Crippen LogP contribution < -0.4 is 0 Å². The van der Waals surface area contributed by atoms with Crippen LogP contribution in [-0.2, 0) is 4.79 Å². The van der Waals surface area contributed by atoms with E-state index in [2.05, 4.69) is 4.98 Å². The Morgan fingerprint density at radius 3 is 2.95 bits per heavy atom. The van der Waals surface area contributed by atoms with Crippen LogP contribution in [0.15, 0.2) is 30.5 Å². The van der Waals surface area contributed by atoms with E-state index in [1.54, 1.807) is 29.3 Å². The summed E-state index contributed by atoms with van der Waals surface area (Å²) in [4.78, 5) is 29.8. The zero-order valence-electron chi connectivity index (χ0n) is 11.8. The molecule has 1 atom stereocenters. The first kappa shape index (κ1) is 14.8. The topological polar surface area (TPSA) is 70.5 Å². The molecule has 1 fully saturated rings. The van der Waals surface area contributed by atoms with Crippen molar-refractivity contribution in [2.75, 3.05) is 13.1 Å². The lowest BCUT2D eigenvalue weighted by Crippen LogP contribution is -2.42. The summed E-state index contributed by atoms with van der Waals surface area (Å²) >= 11 is 6.09. The number of halogens is 1. The first-order valence-corrected chi connectivity index (χ1v) is 7.50. The third-order valence-corrected chi connectivity index (χ3v) is 4.18. The number of nitrogens with zero attached hydrogens (tertiary/aromatic N) is 2. The van der Waals surface area contributed by atoms with Gasteiger partial charge < -0.3 is 10.0 Å². The lowest BCUT2D eigenvalue weighted by Gasteiger charge is -2.31. The van der Waals surface area contributed by atoms with Gasteiger partial charge in [-0.3, -0.25) is 14.6 Å². The Morgan fingerprint density at radius 1 is 1.36 bits per heavy atom. The Morgan fingerprint density at radius 2 is 2.18 bits per heavy atom. The minimum Gasteiger partial charge on any atom is -0.481 e. The zero-order valence-corrected chi connectivity index (χ0v) is 12.6. The standard InChI is InChI=1S/C16H15ClN2O3/c17-12-7-10-3-1-5-18-14(10)13(8-12)15(20)19-6-2-4-11(9-19)16(21)22/h1,3,5,7-8,11H,2,4,6,9H2,(H,21,22). The first-order valence-electron chi connectivity index (χ1n) is 7.12. The molecular formula is C16H15ClN2O3. The summed E-state index contributed by atoms with van der Waals surface area (Å²) in [7, 11) is 0. The van der Waals surface area contributed by atoms with Crippen molar-refractivity contribution in [3.05, 3.63) is 41.0 Å². The van der Waals surface area contributed by atoms with Gasteiger partial charge in [-0.2, -0.15) is 0 Å². The maximum atomic E-state index is 12.8. The number of aromatic nitrogens is 1. The summed E-state index contributed by atoms with van der Waals surface area (Å²) in [5, 5.41) is 10.4. The summed E-state index contributed by atoms with van der Waals surface area (Å²) in [6.07, 6.45) is 2.92. The number of rotatable bonds is 2. The number of aliphatic carboxylic acids is 1. The minimum absolute atomic E-state index is 0.211. The fourth-order valence-corrected chi connectivity index (χ4v) is 3.08. The molecule has 3 rings (SSSR count). The molecular weight excluding hydrogens is 304 g/mol. The normalized spacial score (nSPS) is 18.4. The third-order valence-electron chi connectivity index (χ3n) is 3.96. The molecule has 1 amide bonds. The highest BCUT2D eigenvalue weighted by atomic mass is 35.5. The van der Waals surface area contributed by atoms with Crippen LogP contribution in [0.1, 0.15) is 23.2 Å². The Labute approximate surface area is 132 Å². The van der Waals surface area contributed by atoms with Crippen LogP contribution in [-0.4, -0.2) is 40.0 Å². The quantitative estimate of drug-likeness (QED) is 0.924. The van der Waals surface area contributed by atoms with Gasteiger partial charge in [-0.15, -0.1) is 0 Å². The monoisotopic (exact) mass is 318 g/mol. The Bertz CT molecular complexity index is 747. The van der Waals surface area contributed by atoms with Crippen LogP contribution in [0.4, 0.5) is 0 Å². The van der Waals surface area contributed by atoms with Crippen molar-refractivity contribution in [1.29, 1.82) is 0 Å². The number of carbonyl (C=O) groups excluding carboxylic acids is 1. The van der Waals surface area contributed by atoms with Crippen molar-refractivity contribution < 1.29 is 14.7 Å². The van der Waals surface area contributed by atoms with Crippen molar-refractivity contribution in [2.24, 2.45) is 5.92 Å². The van der Waals surface area contributed by atoms with Crippen LogP contribution in [0.25, 0.3) is 10.9 Å². The van der Waals surface area contributed by atoms with Gasteiger partial charge in [-0.1, -0.05) is 17.7 Å². The highest BCUT2D eigenvalue weighted by molar-refractivity contribution is 6.32. The van der Waals surface area contributed by atoms with Gasteiger partial charge in [0.15, 0.2) is 0 Å². The summed E-state index contributed by atoms with van der Waals surface area (Å²) in [5.41, 5.74) is 1.02. The third kappa shape index (κ3) is 2.76. The molecule has 0 radical (unpaired) electrons. The van der Waals surface area contributed by atoms with Crippen molar-refractivity contribution in [3.63, 3.8) is 0 Å². The summed E-state index contributed by atoms with van der Waals surface area (Å²) in [6, 6.07) is 7.00. The predicted octanol–water partition coefficient (Wildman–Crippen LogP) is 2.83. The molecule has 0 spiro atoms. The number of amides is 1. The van der Waals surface area contributed by atoms with Gasteiger partial charge in [-0.05, 0) is 31.0 Å². The molecule has 1 aliphatic heterocycles. The second-order valence-corrected chi connectivity index (χ2v) is 5.89. The van der Waals surface area contributed by atoms with Gasteiger partial charge in [0.2, 0.25) is 0 Å². The fraction of sp³-hybridized carbons (Fsp3) is 0.312. The van der Waals surface area contributed by atoms with E-state index >= 15 is 0 Å². The van der Waals surface area contributed by atoms with E-state index < -0.39 is 11.9 Å². The van der Waals surface area contributed by atoms with Crippen LogP contribution in [0, 0.1) is 5.92 Å². The van der Waals surface area contributed by atoms with E-state index in [0.717, 1.165) is 5.39 Å². The van der Waals surface area contributed by atoms with E-state index in [-0.39, 0.29) is 12.5 Å². The molecule has 1 unspecified atom stereocenters. The Hall–Kier alpha value is -2.14. The number of pyridine rings is 1. The molecule has 0 saturated carbocycles. The Balaban J connectivity index is 1.97. The number of carboxylic acids is 1. The number of benzene rings is 1. The highest BCUT2D eigenvalue weighted by Crippen LogP contribution is 2.25. The maximum Gasteiger partial charge on any atom is 0.308 e. The number of hydrogen-bond acceptors (Lipinski definition) is 3. The van der Waals surface area contributed by atoms with Crippen LogP contribution in [0.2, 0.25) is 5.02 Å². The van der Waals surface area contributed by atoms with E-state index in [0.29, 0.717) is 35.5 Å². The minimum atomic E-state index is -0.855. The van der Waals surface area contributed by atoms with Crippen molar-refractivity contribution in [2.45, 2.75) is 12.8 Å². The largest absolute Gasteiger partial charge is 0.481 e. The number of piperidine rings is 1. The number of hydrogen-bond donors (Lipinski definition) is 1. The van der Waals surface area contributed by atoms with Gasteiger partial charge >= 0.3 is 5.97 Å². The van der Waals surface area contributed by atoms with Gasteiger partial charge in [0, 0.05) is 29.7 Å². The summed E-state index contributed by atoms with van der Waals surface area (Å²) < 4.78 is 0. The molecule has 114 valence electrons. The molecule has 6 heteroatoms. The molecule has 2 heterocycles. The maximum absolute atomic E-state index is 12.8. The summed E-state index contributed by atoms with van der Waals surface area (Å²) in [6.45, 7) is 0.790. The molecule has 1 saturated heterocycles. The van der Waals surface area contributed by atoms with E-state index in [4.69, 9.17) is 16.7 Å². The summed E-state index contributed by atoms with van der Waals surface area (Å²) in [5.74, 6) is -1.57. The second-order valence-electron chi connectivity index (χ2n) is 5.46. The molecule has 5 nitrogen and oxygen atoms in total. The first-order chi connectivity index (χ1) is 10.6. The van der Waals surface area contributed by atoms with Crippen LogP contribution in [0.5, 0.6) is 0 Å². The lowest BCUT2D eigenvalue weighted by atomic mass is 9.97. The molecule has 1 aliphatic rings. The molecule has 0 bridgehead atoms. The molecule has 2 aromatic rings. The van der Waals surface area contributed by atoms with Crippen molar-refractivity contribution >= 4 is 34.4 Å². The van der Waals surface area contributed by atoms with Gasteiger partial charge in [-0.25, -0.2) is 0 Å². The smallest absolute Gasteiger partial charge is 0.308 e.